The number of H-pyrrole nitrogens is 1. The molecule has 1 saturated heterocycles. The molecule has 3 rings (SSSR count). The lowest BCUT2D eigenvalue weighted by Crippen LogP contribution is -2.14. The molecule has 96 valence electrons. The van der Waals surface area contributed by atoms with Gasteiger partial charge in [-0.1, -0.05) is 0 Å². The molecule has 1 aliphatic heterocycles. The Balaban J connectivity index is 2.05. The molecule has 0 unspecified atom stereocenters. The number of aromatic amines is 1. The summed E-state index contributed by atoms with van der Waals surface area (Å²) in [6.45, 7) is 0.00581. The third kappa shape index (κ3) is 1.68. The number of ether oxygens (including phenoxy) is 1. The molecule has 7 heteroatoms. The summed E-state index contributed by atoms with van der Waals surface area (Å²) >= 11 is 0. The zero-order chi connectivity index (χ0) is 12.7. The molecule has 7 nitrogen and oxygen atoms in total. The molecule has 0 amide bonds. The maximum absolute atomic E-state index is 11.7. The van der Waals surface area contributed by atoms with Crippen LogP contribution in [0.2, 0.25) is 0 Å². The number of anilines is 1. The fraction of sp³-hybridized carbons (Fsp3) is 0.455. The first kappa shape index (κ1) is 11.2. The van der Waals surface area contributed by atoms with Gasteiger partial charge in [-0.25, -0.2) is 4.98 Å². The molecule has 1 aliphatic rings. The quantitative estimate of drug-likeness (QED) is 0.694. The number of nitrogens with zero attached hydrogens (tertiary/aromatic N) is 2. The van der Waals surface area contributed by atoms with Crippen LogP contribution in [0.15, 0.2) is 17.2 Å². The molecule has 1 fully saturated rings. The number of fused-ring (bicyclic) bond motifs is 1. The van der Waals surface area contributed by atoms with Crippen LogP contribution in [-0.4, -0.2) is 32.4 Å². The first-order chi connectivity index (χ1) is 8.69. The molecule has 0 aromatic carbocycles. The van der Waals surface area contributed by atoms with Crippen LogP contribution in [0.3, 0.4) is 0 Å². The van der Waals surface area contributed by atoms with E-state index in [9.17, 15) is 4.79 Å². The van der Waals surface area contributed by atoms with Crippen molar-refractivity contribution in [2.75, 3.05) is 12.3 Å². The summed E-state index contributed by atoms with van der Waals surface area (Å²) < 4.78 is 7.45. The van der Waals surface area contributed by atoms with E-state index < -0.39 is 0 Å². The largest absolute Gasteiger partial charge is 0.394 e. The minimum Gasteiger partial charge on any atom is -0.394 e. The van der Waals surface area contributed by atoms with Crippen LogP contribution in [-0.2, 0) is 4.74 Å². The van der Waals surface area contributed by atoms with Gasteiger partial charge in [0, 0.05) is 6.07 Å². The number of aliphatic hydroxyl groups excluding tert-OH is 1. The lowest BCUT2D eigenvalue weighted by Gasteiger charge is -2.14. The Morgan fingerprint density at radius 3 is 3.17 bits per heavy atom. The molecule has 0 aliphatic carbocycles. The summed E-state index contributed by atoms with van der Waals surface area (Å²) in [7, 11) is 0. The summed E-state index contributed by atoms with van der Waals surface area (Å²) in [6.07, 6.45) is 2.80. The second-order valence-corrected chi connectivity index (χ2v) is 4.41. The molecule has 4 N–H and O–H groups in total. The molecule has 3 heterocycles. The Kier molecular flexibility index (Phi) is 2.57. The van der Waals surface area contributed by atoms with Gasteiger partial charge in [-0.3, -0.25) is 4.79 Å². The lowest BCUT2D eigenvalue weighted by molar-refractivity contribution is -0.0204. The van der Waals surface area contributed by atoms with Gasteiger partial charge >= 0.3 is 0 Å². The summed E-state index contributed by atoms with van der Waals surface area (Å²) in [6, 6.07) is 1.67. The predicted molar refractivity (Wildman–Crippen MR) is 65.0 cm³/mol. The first-order valence-corrected chi connectivity index (χ1v) is 5.80. The van der Waals surface area contributed by atoms with E-state index >= 15 is 0 Å². The van der Waals surface area contributed by atoms with Crippen molar-refractivity contribution in [2.24, 2.45) is 0 Å². The molecule has 2 atom stereocenters. The monoisotopic (exact) mass is 250 g/mol. The minimum absolute atomic E-state index is 0.00581. The SMILES string of the molecule is Nc1cc2c(ncn2[C@@H]2CC[C@@H](CO)O2)c(=O)[nH]1. The van der Waals surface area contributed by atoms with Crippen molar-refractivity contribution in [3.05, 3.63) is 22.7 Å². The summed E-state index contributed by atoms with van der Waals surface area (Å²) in [4.78, 5) is 18.2. The van der Waals surface area contributed by atoms with Crippen LogP contribution in [0.1, 0.15) is 19.1 Å². The van der Waals surface area contributed by atoms with E-state index in [4.69, 9.17) is 15.6 Å². The van der Waals surface area contributed by atoms with Gasteiger partial charge < -0.3 is 25.1 Å². The highest BCUT2D eigenvalue weighted by Crippen LogP contribution is 2.30. The van der Waals surface area contributed by atoms with E-state index in [0.717, 1.165) is 12.8 Å². The highest BCUT2D eigenvalue weighted by Gasteiger charge is 2.27. The normalized spacial score (nSPS) is 23.8. The number of aromatic nitrogens is 3. The fourth-order valence-electron chi connectivity index (χ4n) is 2.32. The summed E-state index contributed by atoms with van der Waals surface area (Å²) in [5.41, 5.74) is 6.32. The van der Waals surface area contributed by atoms with Crippen molar-refractivity contribution >= 4 is 16.9 Å². The molecule has 0 radical (unpaired) electrons. The van der Waals surface area contributed by atoms with E-state index in [1.54, 1.807) is 17.0 Å². The Hall–Kier alpha value is -1.86. The van der Waals surface area contributed by atoms with Gasteiger partial charge in [0.05, 0.1) is 24.6 Å². The Labute approximate surface area is 102 Å². The van der Waals surface area contributed by atoms with E-state index in [-0.39, 0.29) is 24.5 Å². The van der Waals surface area contributed by atoms with Crippen molar-refractivity contribution in [1.29, 1.82) is 0 Å². The zero-order valence-corrected chi connectivity index (χ0v) is 9.67. The number of nitrogens with one attached hydrogen (secondary N) is 1. The third-order valence-corrected chi connectivity index (χ3v) is 3.20. The van der Waals surface area contributed by atoms with Crippen LogP contribution in [0, 0.1) is 0 Å². The standard InChI is InChI=1S/C11H14N4O3/c12-8-3-7-10(11(17)14-8)13-5-15(7)9-2-1-6(4-16)18-9/h3,5-6,9,16H,1-2,4H2,(H3,12,14,17)/t6-,9-/m0/s1. The molecule has 2 aromatic rings. The van der Waals surface area contributed by atoms with E-state index in [2.05, 4.69) is 9.97 Å². The number of hydrogen-bond donors (Lipinski definition) is 3. The maximum Gasteiger partial charge on any atom is 0.277 e. The second-order valence-electron chi connectivity index (χ2n) is 4.41. The van der Waals surface area contributed by atoms with Gasteiger partial charge in [-0.05, 0) is 12.8 Å². The lowest BCUT2D eigenvalue weighted by atomic mass is 10.2. The molecule has 0 bridgehead atoms. The number of nitrogen functional groups attached to an aromatic ring is 1. The van der Waals surface area contributed by atoms with Crippen molar-refractivity contribution in [3.8, 4) is 0 Å². The minimum atomic E-state index is -0.305. The van der Waals surface area contributed by atoms with Crippen LogP contribution in [0.25, 0.3) is 11.0 Å². The highest BCUT2D eigenvalue weighted by atomic mass is 16.5. The van der Waals surface area contributed by atoms with E-state index in [1.807, 2.05) is 0 Å². The maximum atomic E-state index is 11.7. The third-order valence-electron chi connectivity index (χ3n) is 3.20. The molecular weight excluding hydrogens is 236 g/mol. The van der Waals surface area contributed by atoms with Crippen LogP contribution < -0.4 is 11.3 Å². The topological polar surface area (TPSA) is 106 Å². The summed E-state index contributed by atoms with van der Waals surface area (Å²) in [5, 5.41) is 9.06. The van der Waals surface area contributed by atoms with Gasteiger partial charge in [0.25, 0.3) is 5.56 Å². The van der Waals surface area contributed by atoms with E-state index in [0.29, 0.717) is 16.9 Å². The Morgan fingerprint density at radius 1 is 1.61 bits per heavy atom. The number of nitrogens with two attached hydrogens (primary N) is 1. The van der Waals surface area contributed by atoms with Crippen molar-refractivity contribution < 1.29 is 9.84 Å². The Bertz CT molecular complexity index is 633. The highest BCUT2D eigenvalue weighted by molar-refractivity contribution is 5.76. The van der Waals surface area contributed by atoms with Crippen LogP contribution >= 0.6 is 0 Å². The fourth-order valence-corrected chi connectivity index (χ4v) is 2.32. The first-order valence-electron chi connectivity index (χ1n) is 5.80. The average Bonchev–Trinajstić information content (AvgIpc) is 2.93. The zero-order valence-electron chi connectivity index (χ0n) is 9.67. The van der Waals surface area contributed by atoms with E-state index in [1.165, 1.54) is 0 Å². The van der Waals surface area contributed by atoms with Crippen molar-refractivity contribution in [3.63, 3.8) is 0 Å². The number of pyridine rings is 1. The van der Waals surface area contributed by atoms with Gasteiger partial charge in [0.2, 0.25) is 0 Å². The van der Waals surface area contributed by atoms with Gasteiger partial charge in [0.1, 0.15) is 12.0 Å². The smallest absolute Gasteiger partial charge is 0.277 e. The van der Waals surface area contributed by atoms with Gasteiger partial charge in [0.15, 0.2) is 5.52 Å². The van der Waals surface area contributed by atoms with Crippen molar-refractivity contribution in [1.82, 2.24) is 14.5 Å². The molecule has 2 aromatic heterocycles. The number of aliphatic hydroxyl groups is 1. The Morgan fingerprint density at radius 2 is 2.44 bits per heavy atom. The van der Waals surface area contributed by atoms with Gasteiger partial charge in [-0.2, -0.15) is 0 Å². The number of imidazole rings is 1. The number of hydrogen-bond acceptors (Lipinski definition) is 5. The molecule has 0 spiro atoms. The second kappa shape index (κ2) is 4.11. The number of rotatable bonds is 2. The average molecular weight is 250 g/mol. The molecule has 0 saturated carbocycles. The van der Waals surface area contributed by atoms with Crippen LogP contribution in [0.5, 0.6) is 0 Å². The molecular formula is C11H14N4O3. The van der Waals surface area contributed by atoms with Gasteiger partial charge in [-0.15, -0.1) is 0 Å². The van der Waals surface area contributed by atoms with Crippen molar-refractivity contribution in [2.45, 2.75) is 25.2 Å². The predicted octanol–water partition coefficient (Wildman–Crippen LogP) is -0.0233. The van der Waals surface area contributed by atoms with Crippen LogP contribution in [0.4, 0.5) is 5.82 Å². The molecule has 18 heavy (non-hydrogen) atoms. The summed E-state index contributed by atoms with van der Waals surface area (Å²) in [5.74, 6) is 0.297.